The van der Waals surface area contributed by atoms with E-state index in [0.29, 0.717) is 11.7 Å². The van der Waals surface area contributed by atoms with Crippen LogP contribution in [0, 0.1) is 6.92 Å². The zero-order valence-corrected chi connectivity index (χ0v) is 12.5. The number of imide groups is 1. The van der Waals surface area contributed by atoms with Crippen molar-refractivity contribution in [3.05, 3.63) is 29.8 Å². The average molecular weight is 286 g/mol. The van der Waals surface area contributed by atoms with Crippen molar-refractivity contribution in [3.63, 3.8) is 0 Å². The van der Waals surface area contributed by atoms with E-state index in [-0.39, 0.29) is 24.3 Å². The molecular weight excluding hydrogens is 264 g/mol. The average Bonchev–Trinajstić information content (AvgIpc) is 2.76. The number of nitrogens with zero attached hydrogens (tertiary/aromatic N) is 1. The van der Waals surface area contributed by atoms with Gasteiger partial charge in [-0.3, -0.25) is 9.59 Å². The molecule has 2 amide bonds. The van der Waals surface area contributed by atoms with Gasteiger partial charge in [-0.1, -0.05) is 37.0 Å². The summed E-state index contributed by atoms with van der Waals surface area (Å²) >= 11 is 0. The largest absolute Gasteiger partial charge is 0.303 e. The second kappa shape index (κ2) is 5.98. The van der Waals surface area contributed by atoms with Gasteiger partial charge < -0.3 is 5.32 Å². The van der Waals surface area contributed by atoms with Gasteiger partial charge in [0.2, 0.25) is 5.91 Å². The van der Waals surface area contributed by atoms with Gasteiger partial charge >= 0.3 is 0 Å². The Morgan fingerprint density at radius 1 is 1.05 bits per heavy atom. The van der Waals surface area contributed by atoms with Crippen LogP contribution in [0.2, 0.25) is 0 Å². The Morgan fingerprint density at radius 2 is 1.71 bits per heavy atom. The van der Waals surface area contributed by atoms with Crippen molar-refractivity contribution in [1.82, 2.24) is 5.32 Å². The van der Waals surface area contributed by atoms with Gasteiger partial charge in [-0.05, 0) is 31.9 Å². The molecule has 2 aliphatic rings. The first-order chi connectivity index (χ1) is 10.1. The molecule has 2 fully saturated rings. The number of benzene rings is 1. The van der Waals surface area contributed by atoms with Gasteiger partial charge in [-0.2, -0.15) is 0 Å². The molecule has 1 saturated heterocycles. The van der Waals surface area contributed by atoms with Gasteiger partial charge in [-0.15, -0.1) is 0 Å². The van der Waals surface area contributed by atoms with E-state index in [1.807, 2.05) is 31.2 Å². The highest BCUT2D eigenvalue weighted by atomic mass is 16.2. The number of carbonyl (C=O) groups is 2. The van der Waals surface area contributed by atoms with Crippen LogP contribution < -0.4 is 10.2 Å². The van der Waals surface area contributed by atoms with E-state index in [0.717, 1.165) is 18.4 Å². The molecule has 0 spiro atoms. The van der Waals surface area contributed by atoms with Crippen LogP contribution in [0.15, 0.2) is 24.3 Å². The van der Waals surface area contributed by atoms with E-state index in [1.165, 1.54) is 24.2 Å². The highest BCUT2D eigenvalue weighted by Crippen LogP contribution is 2.25. The third-order valence-electron chi connectivity index (χ3n) is 4.48. The zero-order valence-electron chi connectivity index (χ0n) is 12.5. The lowest BCUT2D eigenvalue weighted by Crippen LogP contribution is -2.44. The molecule has 4 nitrogen and oxygen atoms in total. The van der Waals surface area contributed by atoms with Crippen LogP contribution >= 0.6 is 0 Å². The molecule has 0 unspecified atom stereocenters. The summed E-state index contributed by atoms with van der Waals surface area (Å²) in [4.78, 5) is 26.0. The molecule has 3 rings (SSSR count). The van der Waals surface area contributed by atoms with Crippen molar-refractivity contribution in [2.24, 2.45) is 0 Å². The molecule has 1 N–H and O–H groups in total. The zero-order chi connectivity index (χ0) is 14.8. The normalized spacial score (nSPS) is 23.9. The molecule has 1 aromatic carbocycles. The third kappa shape index (κ3) is 3.00. The summed E-state index contributed by atoms with van der Waals surface area (Å²) in [5, 5.41) is 3.40. The van der Waals surface area contributed by atoms with Crippen LogP contribution in [-0.2, 0) is 9.59 Å². The lowest BCUT2D eigenvalue weighted by Gasteiger charge is -2.25. The van der Waals surface area contributed by atoms with Crippen molar-refractivity contribution in [2.45, 2.75) is 57.5 Å². The Bertz CT molecular complexity index is 532. The van der Waals surface area contributed by atoms with E-state index in [4.69, 9.17) is 0 Å². The lowest BCUT2D eigenvalue weighted by molar-refractivity contribution is -0.121. The Balaban J connectivity index is 1.71. The van der Waals surface area contributed by atoms with Crippen molar-refractivity contribution in [2.75, 3.05) is 4.90 Å². The van der Waals surface area contributed by atoms with Crippen LogP contribution in [0.25, 0.3) is 0 Å². The fourth-order valence-corrected chi connectivity index (χ4v) is 3.28. The van der Waals surface area contributed by atoms with Crippen LogP contribution in [0.3, 0.4) is 0 Å². The van der Waals surface area contributed by atoms with Crippen LogP contribution in [0.1, 0.15) is 44.1 Å². The van der Waals surface area contributed by atoms with Crippen LogP contribution in [-0.4, -0.2) is 23.9 Å². The maximum absolute atomic E-state index is 12.5. The predicted octanol–water partition coefficient (Wildman–Crippen LogP) is 2.55. The van der Waals surface area contributed by atoms with Gasteiger partial charge in [-0.25, -0.2) is 4.90 Å². The lowest BCUT2D eigenvalue weighted by atomic mass is 9.95. The quantitative estimate of drug-likeness (QED) is 0.869. The minimum atomic E-state index is -0.345. The van der Waals surface area contributed by atoms with Crippen molar-refractivity contribution < 1.29 is 9.59 Å². The van der Waals surface area contributed by atoms with Crippen LogP contribution in [0.4, 0.5) is 5.69 Å². The Morgan fingerprint density at radius 3 is 2.38 bits per heavy atom. The summed E-state index contributed by atoms with van der Waals surface area (Å²) in [7, 11) is 0. The number of aryl methyl sites for hydroxylation is 1. The molecule has 1 aromatic rings. The topological polar surface area (TPSA) is 49.4 Å². The van der Waals surface area contributed by atoms with Gasteiger partial charge in [0.1, 0.15) is 0 Å². The first kappa shape index (κ1) is 14.3. The van der Waals surface area contributed by atoms with Gasteiger partial charge in [0, 0.05) is 6.04 Å². The number of carbonyl (C=O) groups excluding carboxylic acids is 2. The minimum Gasteiger partial charge on any atom is -0.303 e. The Hall–Kier alpha value is -1.68. The third-order valence-corrected chi connectivity index (χ3v) is 4.48. The molecule has 0 radical (unpaired) electrons. The molecule has 21 heavy (non-hydrogen) atoms. The fourth-order valence-electron chi connectivity index (χ4n) is 3.28. The molecule has 1 atom stereocenters. The van der Waals surface area contributed by atoms with E-state index in [9.17, 15) is 9.59 Å². The molecule has 0 bridgehead atoms. The Kier molecular flexibility index (Phi) is 4.06. The Labute approximate surface area is 125 Å². The molecule has 1 saturated carbocycles. The monoisotopic (exact) mass is 286 g/mol. The minimum absolute atomic E-state index is 0.0998. The van der Waals surface area contributed by atoms with Gasteiger partial charge in [0.15, 0.2) is 0 Å². The molecule has 4 heteroatoms. The summed E-state index contributed by atoms with van der Waals surface area (Å²) in [6.07, 6.45) is 6.22. The van der Waals surface area contributed by atoms with Gasteiger partial charge in [0.25, 0.3) is 5.91 Å². The standard InChI is InChI=1S/C17H22N2O2/c1-12-7-9-14(10-8-12)19-16(20)11-15(17(19)21)18-13-5-3-2-4-6-13/h7-10,13,15,18H,2-6,11H2,1H3/t15-/m0/s1. The van der Waals surface area contributed by atoms with E-state index in [2.05, 4.69) is 5.32 Å². The number of nitrogens with one attached hydrogen (secondary N) is 1. The predicted molar refractivity (Wildman–Crippen MR) is 82.1 cm³/mol. The molecule has 1 aliphatic carbocycles. The number of hydrogen-bond donors (Lipinski definition) is 1. The SMILES string of the molecule is Cc1ccc(N2C(=O)C[C@H](NC3CCCCC3)C2=O)cc1. The first-order valence-corrected chi connectivity index (χ1v) is 7.84. The van der Waals surface area contributed by atoms with Crippen molar-refractivity contribution in [3.8, 4) is 0 Å². The van der Waals surface area contributed by atoms with Crippen LogP contribution in [0.5, 0.6) is 0 Å². The molecule has 1 aliphatic heterocycles. The maximum atomic E-state index is 12.5. The first-order valence-electron chi connectivity index (χ1n) is 7.84. The molecule has 1 heterocycles. The summed E-state index contributed by atoms with van der Waals surface area (Å²) in [6.45, 7) is 1.99. The summed E-state index contributed by atoms with van der Waals surface area (Å²) in [6, 6.07) is 7.58. The number of rotatable bonds is 3. The van der Waals surface area contributed by atoms with E-state index >= 15 is 0 Å². The highest BCUT2D eigenvalue weighted by molar-refractivity contribution is 6.22. The number of anilines is 1. The highest BCUT2D eigenvalue weighted by Gasteiger charge is 2.40. The molecule has 0 aromatic heterocycles. The number of amides is 2. The smallest absolute Gasteiger partial charge is 0.251 e. The second-order valence-corrected chi connectivity index (χ2v) is 6.16. The number of hydrogen-bond acceptors (Lipinski definition) is 3. The summed E-state index contributed by atoms with van der Waals surface area (Å²) < 4.78 is 0. The molecular formula is C17H22N2O2. The van der Waals surface area contributed by atoms with Crippen molar-refractivity contribution >= 4 is 17.5 Å². The van der Waals surface area contributed by atoms with Crippen molar-refractivity contribution in [1.29, 1.82) is 0 Å². The van der Waals surface area contributed by atoms with Gasteiger partial charge in [0.05, 0.1) is 18.2 Å². The van der Waals surface area contributed by atoms with E-state index in [1.54, 1.807) is 0 Å². The summed E-state index contributed by atoms with van der Waals surface area (Å²) in [5.41, 5.74) is 1.80. The molecule has 112 valence electrons. The maximum Gasteiger partial charge on any atom is 0.251 e. The van der Waals surface area contributed by atoms with E-state index < -0.39 is 0 Å². The second-order valence-electron chi connectivity index (χ2n) is 6.16. The summed E-state index contributed by atoms with van der Waals surface area (Å²) in [5.74, 6) is -0.202. The fraction of sp³-hybridized carbons (Fsp3) is 0.529.